The van der Waals surface area contributed by atoms with Gasteiger partial charge < -0.3 is 9.80 Å². The first-order valence-electron chi connectivity index (χ1n) is 12.4. The van der Waals surface area contributed by atoms with Crippen LogP contribution in [-0.2, 0) is 17.5 Å². The molecule has 6 nitrogen and oxygen atoms in total. The summed E-state index contributed by atoms with van der Waals surface area (Å²) in [5.74, 6) is 2.13. The van der Waals surface area contributed by atoms with E-state index in [1.807, 2.05) is 24.8 Å². The fraction of sp³-hybridized carbons (Fsp3) is 0.500. The SMILES string of the molecule is C=CC(=O)N1C(C)CN(c2nc(=O)n3c4c(c(C5=CCSCC5)c(C(F)(F)F)cc24)SCCC3)CC1C. The maximum absolute atomic E-state index is 14.6. The van der Waals surface area contributed by atoms with Crippen molar-refractivity contribution in [1.29, 1.82) is 0 Å². The molecule has 0 bridgehead atoms. The summed E-state index contributed by atoms with van der Waals surface area (Å²) in [4.78, 5) is 34.2. The topological polar surface area (TPSA) is 58.4 Å². The van der Waals surface area contributed by atoms with Crippen LogP contribution in [0.3, 0.4) is 0 Å². The summed E-state index contributed by atoms with van der Waals surface area (Å²) in [5.41, 5.74) is 0.353. The van der Waals surface area contributed by atoms with Gasteiger partial charge in [0.05, 0.1) is 11.1 Å². The predicted molar refractivity (Wildman–Crippen MR) is 144 cm³/mol. The van der Waals surface area contributed by atoms with Gasteiger partial charge in [-0.2, -0.15) is 29.9 Å². The van der Waals surface area contributed by atoms with Gasteiger partial charge in [0.1, 0.15) is 5.82 Å². The number of amides is 1. The van der Waals surface area contributed by atoms with Gasteiger partial charge in [0.2, 0.25) is 5.91 Å². The molecule has 0 N–H and O–H groups in total. The summed E-state index contributed by atoms with van der Waals surface area (Å²) in [5, 5.41) is 0.341. The number of benzene rings is 1. The average molecular weight is 551 g/mol. The number of carbonyl (C=O) groups is 1. The van der Waals surface area contributed by atoms with Crippen LogP contribution in [0.1, 0.15) is 37.8 Å². The van der Waals surface area contributed by atoms with Crippen molar-refractivity contribution < 1.29 is 18.0 Å². The number of alkyl halides is 3. The highest BCUT2D eigenvalue weighted by Crippen LogP contribution is 2.47. The van der Waals surface area contributed by atoms with Crippen LogP contribution in [0.4, 0.5) is 19.0 Å². The third-order valence-electron chi connectivity index (χ3n) is 7.21. The predicted octanol–water partition coefficient (Wildman–Crippen LogP) is 5.04. The molecule has 2 atom stereocenters. The van der Waals surface area contributed by atoms with E-state index in [1.165, 1.54) is 23.9 Å². The second-order valence-corrected chi connectivity index (χ2v) is 12.0. The molecule has 0 spiro atoms. The minimum atomic E-state index is -4.56. The van der Waals surface area contributed by atoms with E-state index in [-0.39, 0.29) is 29.4 Å². The number of allylic oxidation sites excluding steroid dienone is 1. The smallest absolute Gasteiger partial charge is 0.352 e. The Morgan fingerprint density at radius 2 is 1.95 bits per heavy atom. The van der Waals surface area contributed by atoms with Gasteiger partial charge in [-0.1, -0.05) is 12.7 Å². The number of rotatable bonds is 3. The molecular formula is C26H29F3N4O2S2. The zero-order chi connectivity index (χ0) is 26.5. The lowest BCUT2D eigenvalue weighted by atomic mass is 9.94. The van der Waals surface area contributed by atoms with Crippen molar-refractivity contribution in [2.24, 2.45) is 0 Å². The van der Waals surface area contributed by atoms with Crippen LogP contribution in [0.2, 0.25) is 0 Å². The van der Waals surface area contributed by atoms with E-state index in [0.29, 0.717) is 65.4 Å². The van der Waals surface area contributed by atoms with Gasteiger partial charge in [0, 0.05) is 53.3 Å². The zero-order valence-corrected chi connectivity index (χ0v) is 22.4. The lowest BCUT2D eigenvalue weighted by Crippen LogP contribution is -2.58. The standard InChI is InChI=1S/C26H29F3N4O2S2/c1-4-20(34)33-15(2)13-31(14-16(33)3)24-18-12-19(26(27,28)29)21(17-6-10-36-11-7-17)23-22(18)32(25(35)30-24)8-5-9-37-23/h4,6,12,15-16H,1,5,7-11,13-14H2,2-3H3. The molecule has 3 aliphatic rings. The second-order valence-electron chi connectivity index (χ2n) is 9.70. The van der Waals surface area contributed by atoms with Crippen molar-refractivity contribution in [2.75, 3.05) is 35.2 Å². The molecule has 5 rings (SSSR count). The molecule has 1 amide bonds. The number of piperazine rings is 1. The van der Waals surface area contributed by atoms with E-state index in [1.54, 1.807) is 21.2 Å². The van der Waals surface area contributed by atoms with E-state index in [4.69, 9.17) is 0 Å². The number of carbonyl (C=O) groups excluding carboxylic acids is 1. The summed E-state index contributed by atoms with van der Waals surface area (Å²) in [7, 11) is 0. The van der Waals surface area contributed by atoms with Crippen molar-refractivity contribution in [3.8, 4) is 0 Å². The Morgan fingerprint density at radius 1 is 1.22 bits per heavy atom. The first kappa shape index (κ1) is 26.2. The Morgan fingerprint density at radius 3 is 2.57 bits per heavy atom. The Kier molecular flexibility index (Phi) is 7.12. The number of nitrogens with zero attached hydrogens (tertiary/aromatic N) is 4. The number of hydrogen-bond acceptors (Lipinski definition) is 6. The van der Waals surface area contributed by atoms with Crippen LogP contribution in [-0.4, -0.2) is 62.8 Å². The summed E-state index contributed by atoms with van der Waals surface area (Å²) in [6.45, 7) is 8.47. The van der Waals surface area contributed by atoms with E-state index >= 15 is 0 Å². The highest BCUT2D eigenvalue weighted by molar-refractivity contribution is 7.99. The Hall–Kier alpha value is -2.40. The Labute approximate surface area is 222 Å². The molecule has 4 heterocycles. The molecule has 0 saturated carbocycles. The van der Waals surface area contributed by atoms with Gasteiger partial charge in [-0.25, -0.2) is 4.79 Å². The van der Waals surface area contributed by atoms with E-state index in [2.05, 4.69) is 11.6 Å². The monoisotopic (exact) mass is 550 g/mol. The molecule has 0 aliphatic carbocycles. The molecule has 37 heavy (non-hydrogen) atoms. The Bertz CT molecular complexity index is 1340. The number of aryl methyl sites for hydroxylation is 1. The molecule has 2 aromatic rings. The fourth-order valence-electron chi connectivity index (χ4n) is 5.71. The maximum Gasteiger partial charge on any atom is 0.417 e. The maximum atomic E-state index is 14.6. The normalized spacial score (nSPS) is 22.6. The average Bonchev–Trinajstić information content (AvgIpc) is 3.09. The zero-order valence-electron chi connectivity index (χ0n) is 20.8. The van der Waals surface area contributed by atoms with E-state index in [9.17, 15) is 22.8 Å². The highest BCUT2D eigenvalue weighted by atomic mass is 32.2. The lowest BCUT2D eigenvalue weighted by Gasteiger charge is -2.44. The van der Waals surface area contributed by atoms with Gasteiger partial charge >= 0.3 is 11.9 Å². The van der Waals surface area contributed by atoms with Crippen molar-refractivity contribution in [1.82, 2.24) is 14.5 Å². The summed E-state index contributed by atoms with van der Waals surface area (Å²) < 4.78 is 45.4. The number of aromatic nitrogens is 2. The minimum absolute atomic E-state index is 0.194. The molecule has 198 valence electrons. The third-order valence-corrected chi connectivity index (χ3v) is 9.28. The number of hydrogen-bond donors (Lipinski definition) is 0. The van der Waals surface area contributed by atoms with Crippen LogP contribution in [0.5, 0.6) is 0 Å². The van der Waals surface area contributed by atoms with Crippen LogP contribution < -0.4 is 10.6 Å². The number of anilines is 1. The molecule has 1 fully saturated rings. The summed E-state index contributed by atoms with van der Waals surface area (Å²) in [6.07, 6.45) is -0.167. The molecule has 1 aromatic carbocycles. The number of thioether (sulfide) groups is 2. The van der Waals surface area contributed by atoms with Crippen LogP contribution >= 0.6 is 23.5 Å². The molecule has 1 saturated heterocycles. The molecular weight excluding hydrogens is 521 g/mol. The first-order chi connectivity index (χ1) is 17.6. The van der Waals surface area contributed by atoms with E-state index < -0.39 is 17.4 Å². The van der Waals surface area contributed by atoms with Gasteiger partial charge in [-0.15, -0.1) is 11.8 Å². The van der Waals surface area contributed by atoms with Gasteiger partial charge in [0.15, 0.2) is 0 Å². The molecule has 3 aliphatic heterocycles. The lowest BCUT2D eigenvalue weighted by molar-refractivity contribution is -0.137. The Balaban J connectivity index is 1.77. The molecule has 11 heteroatoms. The van der Waals surface area contributed by atoms with Crippen LogP contribution in [0.25, 0.3) is 16.5 Å². The van der Waals surface area contributed by atoms with Crippen molar-refractivity contribution >= 4 is 51.7 Å². The van der Waals surface area contributed by atoms with Crippen molar-refractivity contribution in [2.45, 2.75) is 56.4 Å². The minimum Gasteiger partial charge on any atom is -0.352 e. The summed E-state index contributed by atoms with van der Waals surface area (Å²) >= 11 is 3.11. The molecule has 2 unspecified atom stereocenters. The van der Waals surface area contributed by atoms with Gasteiger partial charge in [-0.3, -0.25) is 9.36 Å². The quantitative estimate of drug-likeness (QED) is 0.499. The van der Waals surface area contributed by atoms with Crippen molar-refractivity contribution in [3.63, 3.8) is 0 Å². The molecule has 0 radical (unpaired) electrons. The third kappa shape index (κ3) is 4.69. The molecule has 1 aromatic heterocycles. The number of halogens is 3. The van der Waals surface area contributed by atoms with Gasteiger partial charge in [0.25, 0.3) is 0 Å². The second kappa shape index (κ2) is 10.1. The van der Waals surface area contributed by atoms with Crippen molar-refractivity contribution in [3.05, 3.63) is 46.4 Å². The van der Waals surface area contributed by atoms with E-state index in [0.717, 1.165) is 5.75 Å². The fourth-order valence-corrected chi connectivity index (χ4v) is 7.78. The highest BCUT2D eigenvalue weighted by Gasteiger charge is 2.39. The largest absolute Gasteiger partial charge is 0.417 e. The summed E-state index contributed by atoms with van der Waals surface area (Å²) in [6, 6.07) is 0.742. The first-order valence-corrected chi connectivity index (χ1v) is 14.5. The van der Waals surface area contributed by atoms with Gasteiger partial charge in [-0.05, 0) is 55.9 Å². The van der Waals surface area contributed by atoms with Crippen LogP contribution in [0.15, 0.2) is 34.5 Å². The van der Waals surface area contributed by atoms with Crippen LogP contribution in [0, 0.1) is 0 Å².